The summed E-state index contributed by atoms with van der Waals surface area (Å²) in [4.78, 5) is 0. The highest BCUT2D eigenvalue weighted by atomic mass is 35.5. The van der Waals surface area contributed by atoms with Crippen molar-refractivity contribution in [1.82, 2.24) is 9.88 Å². The summed E-state index contributed by atoms with van der Waals surface area (Å²) in [7, 11) is 1.99. The summed E-state index contributed by atoms with van der Waals surface area (Å²) in [6.07, 6.45) is 6.65. The molecule has 20 heavy (non-hydrogen) atoms. The van der Waals surface area contributed by atoms with Crippen molar-refractivity contribution < 1.29 is 4.39 Å². The van der Waals surface area contributed by atoms with Crippen molar-refractivity contribution in [3.8, 4) is 0 Å². The molecule has 1 aliphatic carbocycles. The molecule has 1 heterocycles. The molecule has 1 fully saturated rings. The van der Waals surface area contributed by atoms with Crippen molar-refractivity contribution in [3.05, 3.63) is 58.6 Å². The first-order chi connectivity index (χ1) is 9.69. The van der Waals surface area contributed by atoms with Crippen LogP contribution in [0.3, 0.4) is 0 Å². The molecule has 0 saturated heterocycles. The van der Waals surface area contributed by atoms with E-state index in [2.05, 4.69) is 17.6 Å². The largest absolute Gasteiger partial charge is 0.349 e. The summed E-state index contributed by atoms with van der Waals surface area (Å²) in [6, 6.07) is 7.32. The van der Waals surface area contributed by atoms with Crippen LogP contribution in [0.25, 0.3) is 0 Å². The molecular weight excluding hydrogens is 275 g/mol. The van der Waals surface area contributed by atoms with Gasteiger partial charge in [-0.3, -0.25) is 0 Å². The first-order valence-corrected chi connectivity index (χ1v) is 7.32. The Morgan fingerprint density at radius 3 is 2.85 bits per heavy atom. The molecule has 1 aliphatic rings. The van der Waals surface area contributed by atoms with E-state index >= 15 is 0 Å². The monoisotopic (exact) mass is 292 g/mol. The molecule has 106 valence electrons. The molecule has 4 heteroatoms. The molecule has 0 spiro atoms. The average Bonchev–Trinajstić information content (AvgIpc) is 3.15. The standard InChI is InChI=1S/C16H18ClFN2/c1-19-16(11-5-6-11)12-7-8-20(9-12)10-13-14(17)3-2-4-15(13)18/h2-4,7-9,11,16,19H,5-6,10H2,1H3. The van der Waals surface area contributed by atoms with Gasteiger partial charge in [0.2, 0.25) is 0 Å². The van der Waals surface area contributed by atoms with Gasteiger partial charge in [0.05, 0.1) is 6.54 Å². The number of hydrogen-bond donors (Lipinski definition) is 1. The van der Waals surface area contributed by atoms with Gasteiger partial charge in [-0.25, -0.2) is 4.39 Å². The van der Waals surface area contributed by atoms with Crippen LogP contribution in [0.15, 0.2) is 36.7 Å². The highest BCUT2D eigenvalue weighted by molar-refractivity contribution is 6.31. The zero-order valence-electron chi connectivity index (χ0n) is 11.4. The second kappa shape index (κ2) is 5.58. The van der Waals surface area contributed by atoms with E-state index in [0.717, 1.165) is 5.92 Å². The topological polar surface area (TPSA) is 17.0 Å². The Bertz CT molecular complexity index is 584. The second-order valence-corrected chi connectivity index (χ2v) is 5.83. The van der Waals surface area contributed by atoms with Crippen LogP contribution in [-0.4, -0.2) is 11.6 Å². The molecule has 0 radical (unpaired) electrons. The van der Waals surface area contributed by atoms with Crippen LogP contribution < -0.4 is 5.32 Å². The molecule has 3 rings (SSSR count). The van der Waals surface area contributed by atoms with Gasteiger partial charge in [-0.15, -0.1) is 0 Å². The quantitative estimate of drug-likeness (QED) is 0.881. The van der Waals surface area contributed by atoms with E-state index in [-0.39, 0.29) is 5.82 Å². The Morgan fingerprint density at radius 2 is 2.20 bits per heavy atom. The van der Waals surface area contributed by atoms with Crippen LogP contribution in [0.5, 0.6) is 0 Å². The van der Waals surface area contributed by atoms with E-state index in [1.54, 1.807) is 12.1 Å². The van der Waals surface area contributed by atoms with Gasteiger partial charge in [0.15, 0.2) is 0 Å². The van der Waals surface area contributed by atoms with Gasteiger partial charge in [-0.1, -0.05) is 17.7 Å². The van der Waals surface area contributed by atoms with E-state index < -0.39 is 0 Å². The first-order valence-electron chi connectivity index (χ1n) is 6.95. The third-order valence-electron chi connectivity index (χ3n) is 3.94. The van der Waals surface area contributed by atoms with Crippen LogP contribution >= 0.6 is 11.6 Å². The van der Waals surface area contributed by atoms with Gasteiger partial charge in [0.1, 0.15) is 5.82 Å². The summed E-state index contributed by atoms with van der Waals surface area (Å²) < 4.78 is 15.8. The highest BCUT2D eigenvalue weighted by Crippen LogP contribution is 2.40. The Morgan fingerprint density at radius 1 is 1.40 bits per heavy atom. The third-order valence-corrected chi connectivity index (χ3v) is 4.29. The predicted octanol–water partition coefficient (Wildman–Crippen LogP) is 4.00. The SMILES string of the molecule is CNC(c1ccn(Cc2c(F)cccc2Cl)c1)C1CC1. The Labute approximate surface area is 123 Å². The smallest absolute Gasteiger partial charge is 0.129 e. The minimum absolute atomic E-state index is 0.250. The van der Waals surface area contributed by atoms with E-state index in [0.29, 0.717) is 23.2 Å². The van der Waals surface area contributed by atoms with Crippen LogP contribution in [0.1, 0.15) is 30.0 Å². The maximum atomic E-state index is 13.8. The van der Waals surface area contributed by atoms with Crippen molar-refractivity contribution in [3.63, 3.8) is 0 Å². The molecule has 1 N–H and O–H groups in total. The lowest BCUT2D eigenvalue weighted by molar-refractivity contribution is 0.527. The molecule has 0 bridgehead atoms. The van der Waals surface area contributed by atoms with Crippen molar-refractivity contribution in [2.75, 3.05) is 7.05 Å². The van der Waals surface area contributed by atoms with E-state index in [1.807, 2.05) is 17.8 Å². The summed E-state index contributed by atoms with van der Waals surface area (Å²) in [6.45, 7) is 0.465. The van der Waals surface area contributed by atoms with Gasteiger partial charge >= 0.3 is 0 Å². The molecule has 0 amide bonds. The normalized spacial score (nSPS) is 16.4. The van der Waals surface area contributed by atoms with Crippen molar-refractivity contribution in [1.29, 1.82) is 0 Å². The van der Waals surface area contributed by atoms with Crippen LogP contribution in [0, 0.1) is 11.7 Å². The molecule has 0 aliphatic heterocycles. The summed E-state index contributed by atoms with van der Waals surface area (Å²) >= 11 is 6.07. The van der Waals surface area contributed by atoms with Crippen molar-refractivity contribution in [2.24, 2.45) is 5.92 Å². The van der Waals surface area contributed by atoms with Crippen LogP contribution in [-0.2, 0) is 6.54 Å². The van der Waals surface area contributed by atoms with Crippen molar-refractivity contribution in [2.45, 2.75) is 25.4 Å². The van der Waals surface area contributed by atoms with Crippen molar-refractivity contribution >= 4 is 11.6 Å². The first kappa shape index (κ1) is 13.7. The maximum absolute atomic E-state index is 13.8. The number of aromatic nitrogens is 1. The Kier molecular flexibility index (Phi) is 3.81. The van der Waals surface area contributed by atoms with E-state index in [1.165, 1.54) is 24.5 Å². The minimum atomic E-state index is -0.250. The van der Waals surface area contributed by atoms with Crippen LogP contribution in [0.4, 0.5) is 4.39 Å². The molecular formula is C16H18ClFN2. The van der Waals surface area contributed by atoms with Gasteiger partial charge in [-0.2, -0.15) is 0 Å². The highest BCUT2D eigenvalue weighted by Gasteiger charge is 2.31. The lowest BCUT2D eigenvalue weighted by Gasteiger charge is -2.13. The molecule has 1 saturated carbocycles. The number of benzene rings is 1. The molecule has 1 atom stereocenters. The zero-order valence-corrected chi connectivity index (χ0v) is 12.2. The van der Waals surface area contributed by atoms with Gasteiger partial charge in [0.25, 0.3) is 0 Å². The van der Waals surface area contributed by atoms with E-state index in [9.17, 15) is 4.39 Å². The van der Waals surface area contributed by atoms with Gasteiger partial charge in [-0.05, 0) is 49.6 Å². The number of halogens is 2. The average molecular weight is 293 g/mol. The number of rotatable bonds is 5. The fourth-order valence-electron chi connectivity index (χ4n) is 2.71. The second-order valence-electron chi connectivity index (χ2n) is 5.42. The van der Waals surface area contributed by atoms with E-state index in [4.69, 9.17) is 11.6 Å². The zero-order chi connectivity index (χ0) is 14.1. The predicted molar refractivity (Wildman–Crippen MR) is 79.5 cm³/mol. The Hall–Kier alpha value is -1.32. The summed E-state index contributed by atoms with van der Waals surface area (Å²) in [5, 5.41) is 3.85. The van der Waals surface area contributed by atoms with Gasteiger partial charge < -0.3 is 9.88 Å². The lowest BCUT2D eigenvalue weighted by Crippen LogP contribution is -2.17. The molecule has 1 unspecified atom stereocenters. The summed E-state index contributed by atoms with van der Waals surface area (Å²) in [5.41, 5.74) is 1.81. The maximum Gasteiger partial charge on any atom is 0.129 e. The molecule has 1 aromatic heterocycles. The fourth-order valence-corrected chi connectivity index (χ4v) is 2.93. The minimum Gasteiger partial charge on any atom is -0.349 e. The number of nitrogens with one attached hydrogen (secondary N) is 1. The van der Waals surface area contributed by atoms with Crippen LogP contribution in [0.2, 0.25) is 5.02 Å². The molecule has 2 nitrogen and oxygen atoms in total. The molecule has 2 aromatic rings. The number of hydrogen-bond acceptors (Lipinski definition) is 1. The fraction of sp³-hybridized carbons (Fsp3) is 0.375. The third kappa shape index (κ3) is 2.74. The Balaban J connectivity index is 1.80. The lowest BCUT2D eigenvalue weighted by atomic mass is 10.1. The number of nitrogens with zero attached hydrogens (tertiary/aromatic N) is 1. The van der Waals surface area contributed by atoms with Gasteiger partial charge in [0, 0.05) is 29.0 Å². The summed E-state index contributed by atoms with van der Waals surface area (Å²) in [5.74, 6) is 0.494. The molecule has 1 aromatic carbocycles.